The van der Waals surface area contributed by atoms with Crippen molar-refractivity contribution in [1.82, 2.24) is 20.2 Å². The minimum atomic E-state index is -0.243. The van der Waals surface area contributed by atoms with E-state index in [-0.39, 0.29) is 5.91 Å². The summed E-state index contributed by atoms with van der Waals surface area (Å²) in [5, 5.41) is 2.90. The van der Waals surface area contributed by atoms with Crippen LogP contribution >= 0.6 is 0 Å². The molecule has 0 unspecified atom stereocenters. The van der Waals surface area contributed by atoms with E-state index < -0.39 is 0 Å². The highest BCUT2D eigenvalue weighted by Gasteiger charge is 2.25. The molecule has 0 atom stereocenters. The van der Waals surface area contributed by atoms with Gasteiger partial charge in [0.2, 0.25) is 0 Å². The summed E-state index contributed by atoms with van der Waals surface area (Å²) >= 11 is 0. The van der Waals surface area contributed by atoms with E-state index >= 15 is 0 Å². The first-order valence-corrected chi connectivity index (χ1v) is 11.6. The number of benzene rings is 1. The minimum absolute atomic E-state index is 0.243. The fourth-order valence-electron chi connectivity index (χ4n) is 4.17. The van der Waals surface area contributed by atoms with E-state index in [1.807, 2.05) is 12.2 Å². The van der Waals surface area contributed by atoms with Gasteiger partial charge in [-0.15, -0.1) is 0 Å². The van der Waals surface area contributed by atoms with Crippen LogP contribution in [0.5, 0.6) is 0 Å². The van der Waals surface area contributed by atoms with E-state index in [1.165, 1.54) is 42.0 Å². The van der Waals surface area contributed by atoms with Gasteiger partial charge in [0.25, 0.3) is 5.91 Å². The van der Waals surface area contributed by atoms with Crippen LogP contribution in [-0.4, -0.2) is 54.0 Å². The van der Waals surface area contributed by atoms with E-state index in [0.717, 1.165) is 31.8 Å². The number of allylic oxidation sites excluding steroid dienone is 4. The summed E-state index contributed by atoms with van der Waals surface area (Å²) in [6.07, 6.45) is 13.5. The maximum atomic E-state index is 12.5. The van der Waals surface area contributed by atoms with Gasteiger partial charge in [-0.25, -0.2) is 9.97 Å². The van der Waals surface area contributed by atoms with Crippen molar-refractivity contribution in [3.63, 3.8) is 0 Å². The lowest BCUT2D eigenvalue weighted by Gasteiger charge is -2.34. The number of aryl methyl sites for hydroxylation is 1. The largest absolute Gasteiger partial charge is 0.369 e. The zero-order valence-corrected chi connectivity index (χ0v) is 19.2. The Morgan fingerprint density at radius 2 is 1.82 bits per heavy atom. The molecular formula is C27H29N5O. The Labute approximate surface area is 195 Å². The molecular weight excluding hydrogens is 410 g/mol. The highest BCUT2D eigenvalue weighted by atomic mass is 16.1. The molecule has 0 bridgehead atoms. The number of hydrogen-bond donors (Lipinski definition) is 1. The third kappa shape index (κ3) is 5.14. The van der Waals surface area contributed by atoms with Crippen LogP contribution in [0.4, 0.5) is 5.69 Å². The molecule has 6 nitrogen and oxygen atoms in total. The van der Waals surface area contributed by atoms with Crippen molar-refractivity contribution < 1.29 is 4.79 Å². The Kier molecular flexibility index (Phi) is 5.95. The van der Waals surface area contributed by atoms with Crippen molar-refractivity contribution in [3.8, 4) is 0 Å². The Hall–Kier alpha value is -3.47. The molecule has 1 saturated carbocycles. The summed E-state index contributed by atoms with van der Waals surface area (Å²) < 4.78 is 0. The number of hydrogen-bond acceptors (Lipinski definition) is 5. The fourth-order valence-corrected chi connectivity index (χ4v) is 4.17. The van der Waals surface area contributed by atoms with Gasteiger partial charge in [-0.2, -0.15) is 0 Å². The lowest BCUT2D eigenvalue weighted by atomic mass is 9.98. The van der Waals surface area contributed by atoms with Crippen molar-refractivity contribution in [2.75, 3.05) is 38.1 Å². The van der Waals surface area contributed by atoms with Crippen LogP contribution in [-0.2, 0) is 0 Å². The van der Waals surface area contributed by atoms with Crippen molar-refractivity contribution in [3.05, 3.63) is 88.8 Å². The van der Waals surface area contributed by atoms with Gasteiger partial charge >= 0.3 is 0 Å². The van der Waals surface area contributed by atoms with Gasteiger partial charge in [0, 0.05) is 44.3 Å². The van der Waals surface area contributed by atoms with E-state index in [1.54, 1.807) is 6.92 Å². The smallest absolute Gasteiger partial charge is 0.259 e. The van der Waals surface area contributed by atoms with E-state index in [4.69, 9.17) is 0 Å². The van der Waals surface area contributed by atoms with Gasteiger partial charge in [0.05, 0.1) is 11.3 Å². The predicted octanol–water partition coefficient (Wildman–Crippen LogP) is 3.84. The number of carbonyl (C=O) groups is 1. The zero-order valence-electron chi connectivity index (χ0n) is 19.2. The Morgan fingerprint density at radius 1 is 1.06 bits per heavy atom. The third-order valence-corrected chi connectivity index (χ3v) is 6.41. The van der Waals surface area contributed by atoms with Crippen LogP contribution < -0.4 is 10.2 Å². The van der Waals surface area contributed by atoms with Gasteiger partial charge in [-0.05, 0) is 79.8 Å². The van der Waals surface area contributed by atoms with Crippen molar-refractivity contribution in [1.29, 1.82) is 0 Å². The molecule has 2 aliphatic carbocycles. The van der Waals surface area contributed by atoms with Gasteiger partial charge in [0.15, 0.2) is 0 Å². The molecule has 1 aromatic heterocycles. The van der Waals surface area contributed by atoms with Crippen LogP contribution in [0.15, 0.2) is 66.3 Å². The van der Waals surface area contributed by atoms with Gasteiger partial charge in [-0.1, -0.05) is 17.9 Å². The molecule has 1 aromatic carbocycles. The molecule has 2 aromatic rings. The number of aromatic nitrogens is 2. The number of nitrogens with zero attached hydrogens (tertiary/aromatic N) is 4. The van der Waals surface area contributed by atoms with E-state index in [2.05, 4.69) is 68.2 Å². The second-order valence-electron chi connectivity index (χ2n) is 9.03. The van der Waals surface area contributed by atoms with Crippen LogP contribution in [0.1, 0.15) is 46.1 Å². The molecule has 1 saturated heterocycles. The van der Waals surface area contributed by atoms with Gasteiger partial charge < -0.3 is 15.1 Å². The second kappa shape index (κ2) is 9.18. The predicted molar refractivity (Wildman–Crippen MR) is 131 cm³/mol. The minimum Gasteiger partial charge on any atom is -0.369 e. The zero-order chi connectivity index (χ0) is 22.8. The summed E-state index contributed by atoms with van der Waals surface area (Å²) in [7, 11) is 2.19. The summed E-state index contributed by atoms with van der Waals surface area (Å²) in [5.41, 5.74) is 9.28. The standard InChI is InChI=1S/C27H29N5O/c1-19-28-17-24(18-29-19)27(33)30-25-5-3-4-20(8-9-25)22-14-23(21-6-7-21)16-26(15-22)32-12-10-31(2)11-13-32/h3-4,8-9,14-18,21H,6-7,10-13H2,1-2H3,(H,30,33). The van der Waals surface area contributed by atoms with Gasteiger partial charge in [0.1, 0.15) is 5.82 Å². The lowest BCUT2D eigenvalue weighted by molar-refractivity contribution is 0.0966. The first-order chi connectivity index (χ1) is 16.0. The quantitative estimate of drug-likeness (QED) is 0.718. The lowest BCUT2D eigenvalue weighted by Crippen LogP contribution is -2.44. The van der Waals surface area contributed by atoms with Crippen molar-refractivity contribution in [2.45, 2.75) is 25.7 Å². The fraction of sp³-hybridized carbons (Fsp3) is 0.333. The summed E-state index contributed by atoms with van der Waals surface area (Å²) in [6.45, 7) is 6.08. The first kappa shape index (κ1) is 21.4. The maximum Gasteiger partial charge on any atom is 0.259 e. The Bertz CT molecular complexity index is 1180. The number of anilines is 1. The third-order valence-electron chi connectivity index (χ3n) is 6.41. The van der Waals surface area contributed by atoms with Crippen LogP contribution in [0.25, 0.3) is 5.57 Å². The molecule has 5 rings (SSSR count). The monoisotopic (exact) mass is 439 g/mol. The molecule has 2 heterocycles. The SMILES string of the molecule is Cc1ncc(C(=O)NC2=C=CC=C(c3cc(C4CC4)cc(N4CCN(C)CC4)c3)C=C2)cn1. The average Bonchev–Trinajstić information content (AvgIpc) is 3.68. The number of amides is 1. The number of likely N-dealkylation sites (N-methyl/N-ethyl adjacent to an activating group) is 1. The first-order valence-electron chi connectivity index (χ1n) is 11.6. The molecule has 1 N–H and O–H groups in total. The molecule has 1 aliphatic heterocycles. The number of rotatable bonds is 5. The highest BCUT2D eigenvalue weighted by molar-refractivity contribution is 5.95. The topological polar surface area (TPSA) is 61.4 Å². The van der Waals surface area contributed by atoms with E-state index in [9.17, 15) is 4.79 Å². The molecule has 2 fully saturated rings. The molecule has 0 radical (unpaired) electrons. The number of nitrogens with one attached hydrogen (secondary N) is 1. The van der Waals surface area contributed by atoms with Crippen molar-refractivity contribution in [2.24, 2.45) is 0 Å². The summed E-state index contributed by atoms with van der Waals surface area (Å²) in [6, 6.07) is 7.01. The Balaban J connectivity index is 1.35. The van der Waals surface area contributed by atoms with E-state index in [0.29, 0.717) is 23.0 Å². The summed E-state index contributed by atoms with van der Waals surface area (Å²) in [4.78, 5) is 25.6. The number of piperazine rings is 1. The summed E-state index contributed by atoms with van der Waals surface area (Å²) in [5.74, 6) is 1.08. The normalized spacial score (nSPS) is 18.5. The second-order valence-corrected chi connectivity index (χ2v) is 9.03. The average molecular weight is 440 g/mol. The molecule has 33 heavy (non-hydrogen) atoms. The highest BCUT2D eigenvalue weighted by Crippen LogP contribution is 2.42. The van der Waals surface area contributed by atoms with Crippen molar-refractivity contribution >= 4 is 17.2 Å². The molecule has 168 valence electrons. The van der Waals surface area contributed by atoms with Crippen LogP contribution in [0.3, 0.4) is 0 Å². The molecule has 3 aliphatic rings. The van der Waals surface area contributed by atoms with Gasteiger partial charge in [-0.3, -0.25) is 4.79 Å². The van der Waals surface area contributed by atoms with Crippen LogP contribution in [0, 0.1) is 6.92 Å². The maximum absolute atomic E-state index is 12.5. The molecule has 1 amide bonds. The molecule has 6 heteroatoms. The molecule has 0 spiro atoms. The number of carbonyl (C=O) groups excluding carboxylic acids is 1. The van der Waals surface area contributed by atoms with Crippen LogP contribution in [0.2, 0.25) is 0 Å². The Morgan fingerprint density at radius 3 is 2.55 bits per heavy atom.